The molecule has 11 heteroatoms. The summed E-state index contributed by atoms with van der Waals surface area (Å²) in [5.41, 5.74) is -1.73. The fourth-order valence-corrected chi connectivity index (χ4v) is 12.0. The molecule has 0 amide bonds. The molecule has 1 aliphatic heterocycles. The molecular weight excluding hydrogens is 608 g/mol. The van der Waals surface area contributed by atoms with Gasteiger partial charge in [-0.25, -0.2) is 4.79 Å². The van der Waals surface area contributed by atoms with Crippen LogP contribution >= 0.6 is 0 Å². The number of hydrogen-bond donors (Lipinski definition) is 6. The van der Waals surface area contributed by atoms with Crippen molar-refractivity contribution in [3.05, 3.63) is 11.6 Å². The summed E-state index contributed by atoms with van der Waals surface area (Å²) in [4.78, 5) is 37.7. The summed E-state index contributed by atoms with van der Waals surface area (Å²) in [5, 5.41) is 61.9. The van der Waals surface area contributed by atoms with Crippen molar-refractivity contribution in [1.29, 1.82) is 0 Å². The first-order chi connectivity index (χ1) is 21.7. The van der Waals surface area contributed by atoms with Gasteiger partial charge in [-0.15, -0.1) is 0 Å². The molecule has 0 spiro atoms. The number of aliphatic carboxylic acids is 2. The van der Waals surface area contributed by atoms with E-state index in [1.165, 1.54) is 5.57 Å². The fourth-order valence-electron chi connectivity index (χ4n) is 12.0. The fraction of sp³-hybridized carbons (Fsp3) is 0.861. The van der Waals surface area contributed by atoms with Gasteiger partial charge in [-0.2, -0.15) is 0 Å². The Bertz CT molecular complexity index is 1360. The second-order valence-electron chi connectivity index (χ2n) is 17.5. The molecule has 0 radical (unpaired) electrons. The van der Waals surface area contributed by atoms with Gasteiger partial charge in [0.05, 0.1) is 18.1 Å². The van der Waals surface area contributed by atoms with Gasteiger partial charge in [-0.05, 0) is 92.3 Å². The molecule has 11 nitrogen and oxygen atoms in total. The van der Waals surface area contributed by atoms with E-state index in [0.717, 1.165) is 38.5 Å². The number of Topliss-reactive ketones (excluding diaryl/α,β-unsaturated/α-hetero) is 1. The van der Waals surface area contributed by atoms with Crippen LogP contribution in [0.15, 0.2) is 11.6 Å². The predicted octanol–water partition coefficient (Wildman–Crippen LogP) is 3.30. The highest BCUT2D eigenvalue weighted by Gasteiger charge is 2.70. The summed E-state index contributed by atoms with van der Waals surface area (Å²) in [6, 6.07) is 0. The van der Waals surface area contributed by atoms with Gasteiger partial charge >= 0.3 is 11.9 Å². The summed E-state index contributed by atoms with van der Waals surface area (Å²) in [6.45, 7) is 12.6. The van der Waals surface area contributed by atoms with E-state index in [-0.39, 0.29) is 52.8 Å². The van der Waals surface area contributed by atoms with Crippen LogP contribution in [-0.2, 0) is 23.9 Å². The standard InChI is InChI=1S/C36H54O11/c1-31(30(44)45)15-19-18-7-8-21-33(3)11-10-23(46-29-26(41)24(39)25(40)27(47-29)28(42)43)34(4,17-37)20(33)9-12-36(21,6)35(18,5)14-13-32(19,2)22(38)16-31/h7,19-21,23-27,29,37,39-41H,8-17H2,1-6H3,(H,42,43)(H,44,45)/t19?,20?,21?,23?,24?,25-,26-,27?,29+,31-,32+,33-,34+,35+,36+/m0/s1. The monoisotopic (exact) mass is 662 g/mol. The maximum Gasteiger partial charge on any atom is 0.335 e. The molecule has 264 valence electrons. The van der Waals surface area contributed by atoms with Gasteiger partial charge in [-0.1, -0.05) is 46.3 Å². The van der Waals surface area contributed by atoms with Crippen molar-refractivity contribution in [1.82, 2.24) is 0 Å². The zero-order chi connectivity index (χ0) is 34.7. The molecule has 4 saturated carbocycles. The molecule has 1 saturated heterocycles. The first-order valence-corrected chi connectivity index (χ1v) is 17.4. The number of ether oxygens (including phenoxy) is 2. The van der Waals surface area contributed by atoms with E-state index in [0.29, 0.717) is 12.8 Å². The van der Waals surface area contributed by atoms with E-state index < -0.39 is 65.0 Å². The Balaban J connectivity index is 1.31. The number of hydrogen-bond acceptors (Lipinski definition) is 9. The third-order valence-corrected chi connectivity index (χ3v) is 15.4. The summed E-state index contributed by atoms with van der Waals surface area (Å²) in [7, 11) is 0. The molecule has 0 aromatic carbocycles. The Morgan fingerprint density at radius 2 is 1.60 bits per heavy atom. The molecule has 47 heavy (non-hydrogen) atoms. The molecule has 6 rings (SSSR count). The van der Waals surface area contributed by atoms with E-state index in [9.17, 15) is 45.0 Å². The quantitative estimate of drug-likeness (QED) is 0.187. The first kappa shape index (κ1) is 35.0. The Morgan fingerprint density at radius 1 is 0.915 bits per heavy atom. The minimum Gasteiger partial charge on any atom is -0.481 e. The highest BCUT2D eigenvalue weighted by molar-refractivity contribution is 5.92. The van der Waals surface area contributed by atoms with Gasteiger partial charge in [0.1, 0.15) is 24.1 Å². The maximum absolute atomic E-state index is 13.6. The van der Waals surface area contributed by atoms with Crippen LogP contribution in [0.2, 0.25) is 0 Å². The smallest absolute Gasteiger partial charge is 0.335 e. The van der Waals surface area contributed by atoms with E-state index in [1.54, 1.807) is 6.92 Å². The summed E-state index contributed by atoms with van der Waals surface area (Å²) >= 11 is 0. The lowest BCUT2D eigenvalue weighted by atomic mass is 9.33. The lowest BCUT2D eigenvalue weighted by molar-refractivity contribution is -0.327. The van der Waals surface area contributed by atoms with Crippen LogP contribution in [0.25, 0.3) is 0 Å². The van der Waals surface area contributed by atoms with Crippen LogP contribution in [-0.4, -0.2) is 91.8 Å². The Kier molecular flexibility index (Phi) is 8.22. The van der Waals surface area contributed by atoms with Crippen molar-refractivity contribution in [2.24, 2.45) is 50.2 Å². The lowest BCUT2D eigenvalue weighted by Gasteiger charge is -2.71. The van der Waals surface area contributed by atoms with Crippen molar-refractivity contribution < 1.29 is 54.5 Å². The molecule has 0 bridgehead atoms. The Hall–Kier alpha value is -1.89. The van der Waals surface area contributed by atoms with Crippen LogP contribution in [0, 0.1) is 50.2 Å². The number of aliphatic hydroxyl groups excluding tert-OH is 4. The zero-order valence-corrected chi connectivity index (χ0v) is 28.6. The average molecular weight is 663 g/mol. The summed E-state index contributed by atoms with van der Waals surface area (Å²) < 4.78 is 11.7. The van der Waals surface area contributed by atoms with Crippen LogP contribution in [0.5, 0.6) is 0 Å². The number of rotatable bonds is 5. The number of carboxylic acids is 2. The predicted molar refractivity (Wildman–Crippen MR) is 168 cm³/mol. The van der Waals surface area contributed by atoms with Gasteiger partial charge in [-0.3, -0.25) is 9.59 Å². The second-order valence-corrected chi connectivity index (χ2v) is 17.5. The van der Waals surface area contributed by atoms with E-state index >= 15 is 0 Å². The number of fused-ring (bicyclic) bond motifs is 7. The van der Waals surface area contributed by atoms with E-state index in [2.05, 4.69) is 26.8 Å². The van der Waals surface area contributed by atoms with Crippen LogP contribution < -0.4 is 0 Å². The molecule has 5 fully saturated rings. The van der Waals surface area contributed by atoms with Crippen molar-refractivity contribution >= 4 is 17.7 Å². The topological polar surface area (TPSA) is 191 Å². The molecular formula is C36H54O11. The highest BCUT2D eigenvalue weighted by Crippen LogP contribution is 2.75. The average Bonchev–Trinajstić information content (AvgIpc) is 3.00. The third-order valence-electron chi connectivity index (χ3n) is 15.4. The summed E-state index contributed by atoms with van der Waals surface area (Å²) in [6.07, 6.45) is -0.933. The second kappa shape index (κ2) is 11.1. The number of allylic oxidation sites excluding steroid dienone is 2. The largest absolute Gasteiger partial charge is 0.481 e. The van der Waals surface area contributed by atoms with Gasteiger partial charge in [0.25, 0.3) is 0 Å². The molecule has 0 aromatic heterocycles. The zero-order valence-electron chi connectivity index (χ0n) is 28.6. The molecule has 1 heterocycles. The van der Waals surface area contributed by atoms with Crippen molar-refractivity contribution in [3.63, 3.8) is 0 Å². The molecule has 5 aliphatic carbocycles. The molecule has 15 atom stereocenters. The SMILES string of the molecule is C[C@@]1(C(=O)O)CC(=O)[C@]2(C)CC[C@]3(C)C(=CCC4[C@@]5(C)CCC(O[C@@H]6OC(C(=O)O)[C@@H](O)C(O)[C@@H]6O)[C@](C)(CO)C5CC[C@]43C)C2C1. The van der Waals surface area contributed by atoms with Crippen molar-refractivity contribution in [2.45, 2.75) is 136 Å². The van der Waals surface area contributed by atoms with Gasteiger partial charge in [0, 0.05) is 17.3 Å². The van der Waals surface area contributed by atoms with E-state index in [4.69, 9.17) is 9.47 Å². The van der Waals surface area contributed by atoms with Crippen molar-refractivity contribution in [2.75, 3.05) is 6.61 Å². The van der Waals surface area contributed by atoms with Crippen LogP contribution in [0.1, 0.15) is 99.3 Å². The number of carbonyl (C=O) groups excluding carboxylic acids is 1. The third kappa shape index (κ3) is 4.62. The van der Waals surface area contributed by atoms with Crippen LogP contribution in [0.4, 0.5) is 0 Å². The van der Waals surface area contributed by atoms with Gasteiger partial charge in [0.2, 0.25) is 0 Å². The number of carboxylic acid groups (broad SMARTS) is 2. The molecule has 0 aromatic rings. The Labute approximate surface area is 276 Å². The Morgan fingerprint density at radius 3 is 2.21 bits per heavy atom. The molecule has 6 N–H and O–H groups in total. The molecule has 6 unspecified atom stereocenters. The number of ketones is 1. The number of aliphatic hydroxyl groups is 4. The van der Waals surface area contributed by atoms with Gasteiger partial charge in [0.15, 0.2) is 12.4 Å². The normalized spacial score (nSPS) is 54.3. The van der Waals surface area contributed by atoms with Gasteiger partial charge < -0.3 is 40.1 Å². The summed E-state index contributed by atoms with van der Waals surface area (Å²) in [5.74, 6) is -2.19. The number of carbonyl (C=O) groups is 3. The van der Waals surface area contributed by atoms with Crippen LogP contribution in [0.3, 0.4) is 0 Å². The highest BCUT2D eigenvalue weighted by atomic mass is 16.7. The first-order valence-electron chi connectivity index (χ1n) is 17.4. The minimum atomic E-state index is -1.81. The molecule has 6 aliphatic rings. The maximum atomic E-state index is 13.6. The van der Waals surface area contributed by atoms with E-state index in [1.807, 2.05) is 13.8 Å². The minimum absolute atomic E-state index is 0.0160. The lowest BCUT2D eigenvalue weighted by Crippen LogP contribution is -2.67. The van der Waals surface area contributed by atoms with Crippen molar-refractivity contribution in [3.8, 4) is 0 Å².